The number of imidazole rings is 1. The van der Waals surface area contributed by atoms with E-state index in [4.69, 9.17) is 13.2 Å². The van der Waals surface area contributed by atoms with Crippen molar-refractivity contribution in [1.82, 2.24) is 14.5 Å². The van der Waals surface area contributed by atoms with Crippen LogP contribution in [0.25, 0.3) is 71.7 Å². The molecule has 0 aliphatic carbocycles. The van der Waals surface area contributed by atoms with Gasteiger partial charge in [-0.2, -0.15) is 0 Å². The van der Waals surface area contributed by atoms with Gasteiger partial charge in [-0.3, -0.25) is 16.3 Å². The standard InChI is InChI=1S/C33H20FN2S.C13H12N.Ir/c34-24-18-19-31-27(20-24)28(21-37-31)33-35-29-16-7-8-17-30(29)36(33)32-25(22-10-3-1-4-11-22)14-9-15-26(32)23-12-5-2-6-13-23;1-10-3-6-12(7-4-10)13-8-5-11(2)9-14-13;/h1-20H;3-6,8-9H,1-2H3;/q2*-1;/i;1D3,2D3;. The first kappa shape index (κ1) is 28.1. The van der Waals surface area contributed by atoms with Gasteiger partial charge in [0.25, 0.3) is 0 Å². The van der Waals surface area contributed by atoms with E-state index >= 15 is 0 Å². The summed E-state index contributed by atoms with van der Waals surface area (Å²) in [7, 11) is 0. The Hall–Kier alpha value is -5.52. The molecule has 6 aromatic carbocycles. The van der Waals surface area contributed by atoms with E-state index in [-0.39, 0.29) is 37.0 Å². The summed E-state index contributed by atoms with van der Waals surface area (Å²) in [6.45, 7) is -4.34. The van der Waals surface area contributed by atoms with Gasteiger partial charge in [-0.1, -0.05) is 138 Å². The zero-order valence-corrected chi connectivity index (χ0v) is 30.7. The fourth-order valence-corrected chi connectivity index (χ4v) is 6.98. The summed E-state index contributed by atoms with van der Waals surface area (Å²) in [6, 6.07) is 50.7. The van der Waals surface area contributed by atoms with Crippen LogP contribution in [0.4, 0.5) is 4.39 Å². The predicted octanol–water partition coefficient (Wildman–Crippen LogP) is 12.3. The summed E-state index contributed by atoms with van der Waals surface area (Å²) >= 11 is 1.49. The van der Waals surface area contributed by atoms with Crippen molar-refractivity contribution in [3.05, 3.63) is 186 Å². The third kappa shape index (κ3) is 7.02. The van der Waals surface area contributed by atoms with Gasteiger partial charge >= 0.3 is 0 Å². The smallest absolute Gasteiger partial charge is 0.113 e. The van der Waals surface area contributed by atoms with Crippen molar-refractivity contribution in [2.24, 2.45) is 0 Å². The zero-order valence-electron chi connectivity index (χ0n) is 33.5. The second-order valence-electron chi connectivity index (χ2n) is 11.8. The van der Waals surface area contributed by atoms with Gasteiger partial charge in [0.15, 0.2) is 0 Å². The first-order valence-corrected chi connectivity index (χ1v) is 17.1. The largest absolute Gasteiger partial charge is 0.332 e. The molecule has 0 saturated carbocycles. The van der Waals surface area contributed by atoms with Crippen LogP contribution < -0.4 is 0 Å². The van der Waals surface area contributed by atoms with E-state index in [9.17, 15) is 4.39 Å². The molecule has 0 amide bonds. The summed E-state index contributed by atoms with van der Waals surface area (Å²) in [6.07, 6.45) is 1.30. The molecule has 0 saturated heterocycles. The predicted molar refractivity (Wildman–Crippen MR) is 210 cm³/mol. The number of hydrogen-bond donors (Lipinski definition) is 0. The van der Waals surface area contributed by atoms with E-state index in [0.29, 0.717) is 11.3 Å². The molecule has 6 heteroatoms. The second kappa shape index (κ2) is 15.4. The van der Waals surface area contributed by atoms with Crippen LogP contribution in [-0.2, 0) is 20.1 Å². The first-order valence-electron chi connectivity index (χ1n) is 19.3. The Bertz CT molecular complexity index is 2710. The Morgan fingerprint density at radius 1 is 0.712 bits per heavy atom. The molecule has 0 aliphatic rings. The number of thiophene rings is 1. The van der Waals surface area contributed by atoms with Gasteiger partial charge in [0, 0.05) is 45.7 Å². The molecular weight excluding hydrogens is 838 g/mol. The maximum absolute atomic E-state index is 14.4. The van der Waals surface area contributed by atoms with Gasteiger partial charge in [0.05, 0.1) is 22.5 Å². The maximum Gasteiger partial charge on any atom is 0.113 e. The van der Waals surface area contributed by atoms with Crippen molar-refractivity contribution in [3.63, 3.8) is 0 Å². The van der Waals surface area contributed by atoms with Crippen LogP contribution >= 0.6 is 11.3 Å². The number of aryl methyl sites for hydroxylation is 2. The Morgan fingerprint density at radius 3 is 2.06 bits per heavy atom. The van der Waals surface area contributed by atoms with Crippen LogP contribution in [0.2, 0.25) is 0 Å². The van der Waals surface area contributed by atoms with Crippen LogP contribution in [0.3, 0.4) is 0 Å². The molecule has 3 nitrogen and oxygen atoms in total. The van der Waals surface area contributed by atoms with Crippen LogP contribution in [0, 0.1) is 31.0 Å². The second-order valence-corrected chi connectivity index (χ2v) is 12.7. The topological polar surface area (TPSA) is 30.7 Å². The van der Waals surface area contributed by atoms with Crippen molar-refractivity contribution in [2.75, 3.05) is 0 Å². The third-order valence-electron chi connectivity index (χ3n) is 8.54. The minimum Gasteiger partial charge on any atom is -0.332 e. The minimum absolute atomic E-state index is 0. The summed E-state index contributed by atoms with van der Waals surface area (Å²) in [5.41, 5.74) is 9.67. The number of fused-ring (bicyclic) bond motifs is 2. The molecule has 52 heavy (non-hydrogen) atoms. The number of halogens is 1. The molecule has 0 aliphatic heterocycles. The summed E-state index contributed by atoms with van der Waals surface area (Å²) in [5, 5.41) is 4.26. The number of aromatic nitrogens is 3. The average Bonchev–Trinajstić information content (AvgIpc) is 3.82. The van der Waals surface area contributed by atoms with Gasteiger partial charge < -0.3 is 9.55 Å². The van der Waals surface area contributed by atoms with Gasteiger partial charge in [-0.05, 0) is 47.4 Å². The van der Waals surface area contributed by atoms with Crippen molar-refractivity contribution < 1.29 is 32.7 Å². The Morgan fingerprint density at radius 2 is 1.40 bits per heavy atom. The summed E-state index contributed by atoms with van der Waals surface area (Å²) < 4.78 is 61.2. The molecule has 9 rings (SSSR count). The van der Waals surface area contributed by atoms with Crippen molar-refractivity contribution >= 4 is 32.5 Å². The molecule has 0 fully saturated rings. The Kier molecular flexibility index (Phi) is 8.32. The van der Waals surface area contributed by atoms with Crippen LogP contribution in [-0.4, -0.2) is 14.5 Å². The van der Waals surface area contributed by atoms with Gasteiger partial charge in [0.1, 0.15) is 5.82 Å². The van der Waals surface area contributed by atoms with Crippen molar-refractivity contribution in [2.45, 2.75) is 13.7 Å². The van der Waals surface area contributed by atoms with Crippen LogP contribution in [0.5, 0.6) is 0 Å². The number of rotatable bonds is 5. The van der Waals surface area contributed by atoms with Crippen molar-refractivity contribution in [1.29, 1.82) is 0 Å². The number of nitrogens with zero attached hydrogens (tertiary/aromatic N) is 3. The van der Waals surface area contributed by atoms with E-state index in [2.05, 4.69) is 93.8 Å². The van der Waals surface area contributed by atoms with E-state index in [0.717, 1.165) is 60.4 Å². The molecule has 1 radical (unpaired) electrons. The monoisotopic (exact) mass is 876 g/mol. The molecule has 9 aromatic rings. The van der Waals surface area contributed by atoms with E-state index in [1.165, 1.54) is 41.8 Å². The summed E-state index contributed by atoms with van der Waals surface area (Å²) in [5.74, 6) is 0.483. The fourth-order valence-electron chi connectivity index (χ4n) is 6.16. The maximum atomic E-state index is 14.4. The minimum atomic E-state index is -2.18. The molecule has 3 heterocycles. The Labute approximate surface area is 328 Å². The van der Waals surface area contributed by atoms with E-state index in [1.807, 2.05) is 36.4 Å². The summed E-state index contributed by atoms with van der Waals surface area (Å²) in [4.78, 5) is 9.17. The van der Waals surface area contributed by atoms with E-state index in [1.54, 1.807) is 18.2 Å². The fraction of sp³-hybridized carbons (Fsp3) is 0.0435. The number of benzene rings is 6. The van der Waals surface area contributed by atoms with Crippen LogP contribution in [0.1, 0.15) is 19.4 Å². The number of para-hydroxylation sites is 3. The normalized spacial score (nSPS) is 13.0. The number of hydrogen-bond acceptors (Lipinski definition) is 3. The Balaban J connectivity index is 0.000000208. The quantitative estimate of drug-likeness (QED) is 0.161. The molecule has 255 valence electrons. The van der Waals surface area contributed by atoms with Gasteiger partial charge in [-0.25, -0.2) is 4.39 Å². The third-order valence-corrected chi connectivity index (χ3v) is 9.42. The van der Waals surface area contributed by atoms with Crippen molar-refractivity contribution in [3.8, 4) is 50.6 Å². The molecule has 3 aromatic heterocycles. The molecule has 0 atom stereocenters. The molecule has 0 N–H and O–H groups in total. The van der Waals surface area contributed by atoms with Gasteiger partial charge in [0.2, 0.25) is 0 Å². The average molecular weight is 876 g/mol. The molecule has 0 unspecified atom stereocenters. The SMILES string of the molecule is Fc1ccc2s[c-]c(-c3nc4ccccc4n3-c3c(-c4ccccc4)cccc3-c3ccccc3)c2c1.[2H]C([2H])([2H])c1c[c-]c(-c2ccc(C([2H])([2H])[2H])cn2)cc1.[Ir]. The number of pyridine rings is 1. The molecule has 0 spiro atoms. The van der Waals surface area contributed by atoms with Crippen LogP contribution in [0.15, 0.2) is 158 Å². The molecular formula is C46H32FIrN3S-2. The zero-order chi connectivity index (χ0) is 39.7. The van der Waals surface area contributed by atoms with E-state index < -0.39 is 13.7 Å². The first-order chi connectivity index (χ1) is 27.5. The molecule has 0 bridgehead atoms. The van der Waals surface area contributed by atoms with Gasteiger partial charge in [-0.15, -0.1) is 40.8 Å².